The molecule has 0 aliphatic carbocycles. The molecule has 0 aromatic heterocycles. The van der Waals surface area contributed by atoms with E-state index in [1.54, 1.807) is 0 Å². The first kappa shape index (κ1) is 40.9. The largest absolute Gasteiger partial charge is 0.394 e. The smallest absolute Gasteiger partial charge is 0.0698 e. The van der Waals surface area contributed by atoms with E-state index >= 15 is 0 Å². The second-order valence-corrected chi connectivity index (χ2v) is 13.2. The van der Waals surface area contributed by atoms with Crippen molar-refractivity contribution in [1.82, 2.24) is 5.32 Å². The van der Waals surface area contributed by atoms with E-state index < -0.39 is 0 Å². The molecule has 0 unspecified atom stereocenters. The maximum absolute atomic E-state index is 8.88. The predicted octanol–water partition coefficient (Wildman–Crippen LogP) is 11.9. The third-order valence-corrected chi connectivity index (χ3v) is 9.02. The van der Waals surface area contributed by atoms with Crippen molar-refractivity contribution in [2.75, 3.05) is 32.9 Å². The number of ether oxygens (including phenoxy) is 1. The maximum Gasteiger partial charge on any atom is 0.0698 e. The van der Waals surface area contributed by atoms with E-state index in [4.69, 9.17) is 9.84 Å². The minimum Gasteiger partial charge on any atom is -0.394 e. The van der Waals surface area contributed by atoms with Gasteiger partial charge in [0.2, 0.25) is 0 Å². The van der Waals surface area contributed by atoms with Gasteiger partial charge in [-0.2, -0.15) is 0 Å². The van der Waals surface area contributed by atoms with Crippen LogP contribution in [0.15, 0.2) is 0 Å². The van der Waals surface area contributed by atoms with Crippen molar-refractivity contribution in [3.8, 4) is 0 Å². The summed E-state index contributed by atoms with van der Waals surface area (Å²) in [6.07, 6.45) is 43.1. The minimum atomic E-state index is 0.126. The number of hydrogen-bond donors (Lipinski definition) is 2. The summed E-state index contributed by atoms with van der Waals surface area (Å²) in [7, 11) is 0. The number of hydrogen-bond acceptors (Lipinski definition) is 3. The third kappa shape index (κ3) is 36.0. The van der Waals surface area contributed by atoms with Crippen LogP contribution < -0.4 is 5.32 Å². The number of aliphatic hydroxyl groups excluding tert-OH is 1. The van der Waals surface area contributed by atoms with Crippen LogP contribution in [0, 0.1) is 5.92 Å². The first-order valence-corrected chi connectivity index (χ1v) is 19.2. The molecule has 0 saturated heterocycles. The Labute approximate surface area is 260 Å². The van der Waals surface area contributed by atoms with Crippen LogP contribution >= 0.6 is 0 Å². The minimum absolute atomic E-state index is 0.126. The van der Waals surface area contributed by atoms with Gasteiger partial charge in [-0.25, -0.2) is 0 Å². The average molecular weight is 582 g/mol. The molecule has 3 heteroatoms. The number of unbranched alkanes of at least 4 members (excludes halogenated alkanes) is 26. The Morgan fingerprint density at radius 1 is 0.439 bits per heavy atom. The molecule has 0 atom stereocenters. The fourth-order valence-electron chi connectivity index (χ4n) is 6.22. The van der Waals surface area contributed by atoms with Crippen LogP contribution in [0.3, 0.4) is 0 Å². The van der Waals surface area contributed by atoms with Crippen molar-refractivity contribution in [1.29, 1.82) is 0 Å². The van der Waals surface area contributed by atoms with Crippen molar-refractivity contribution < 1.29 is 9.84 Å². The summed E-state index contributed by atoms with van der Waals surface area (Å²) >= 11 is 0. The molecule has 0 bridgehead atoms. The quantitative estimate of drug-likeness (QED) is 0.0717. The Morgan fingerprint density at radius 2 is 0.756 bits per heavy atom. The zero-order valence-corrected chi connectivity index (χ0v) is 28.7. The van der Waals surface area contributed by atoms with Gasteiger partial charge in [-0.15, -0.1) is 0 Å². The van der Waals surface area contributed by atoms with Gasteiger partial charge in [0.25, 0.3) is 0 Å². The summed E-state index contributed by atoms with van der Waals surface area (Å²) in [5.74, 6) is 0.822. The second-order valence-electron chi connectivity index (χ2n) is 13.2. The molecule has 0 amide bonds. The normalized spacial score (nSPS) is 11.7. The molecule has 0 aliphatic rings. The van der Waals surface area contributed by atoms with Crippen molar-refractivity contribution >= 4 is 0 Å². The zero-order valence-electron chi connectivity index (χ0n) is 28.7. The van der Waals surface area contributed by atoms with Gasteiger partial charge in [-0.05, 0) is 25.3 Å². The van der Waals surface area contributed by atoms with E-state index in [0.29, 0.717) is 13.2 Å². The maximum atomic E-state index is 8.88. The molecule has 0 radical (unpaired) electrons. The fraction of sp³-hybridized carbons (Fsp3) is 1.00. The van der Waals surface area contributed by atoms with Gasteiger partial charge in [0.1, 0.15) is 0 Å². The zero-order chi connectivity index (χ0) is 29.7. The molecular formula is C38H79NO2. The van der Waals surface area contributed by atoms with Crippen LogP contribution in [0.2, 0.25) is 0 Å². The lowest BCUT2D eigenvalue weighted by molar-refractivity contribution is 0.0933. The van der Waals surface area contributed by atoms with Crippen molar-refractivity contribution in [2.24, 2.45) is 5.92 Å². The lowest BCUT2D eigenvalue weighted by atomic mass is 9.94. The van der Waals surface area contributed by atoms with Crippen LogP contribution in [0.4, 0.5) is 0 Å². The van der Waals surface area contributed by atoms with Gasteiger partial charge in [0, 0.05) is 6.54 Å². The van der Waals surface area contributed by atoms with E-state index in [0.717, 1.165) is 19.0 Å². The van der Waals surface area contributed by atoms with Crippen LogP contribution in [-0.2, 0) is 4.74 Å². The molecule has 248 valence electrons. The summed E-state index contributed by atoms with van der Waals surface area (Å²) in [5, 5.41) is 12.5. The molecule has 0 saturated carbocycles. The van der Waals surface area contributed by atoms with E-state index in [1.807, 2.05) is 0 Å². The van der Waals surface area contributed by atoms with Crippen LogP contribution in [0.25, 0.3) is 0 Å². The fourth-order valence-corrected chi connectivity index (χ4v) is 6.22. The van der Waals surface area contributed by atoms with Crippen LogP contribution in [0.5, 0.6) is 0 Å². The Bertz CT molecular complexity index is 412. The molecular weight excluding hydrogens is 502 g/mol. The average Bonchev–Trinajstić information content (AvgIpc) is 2.98. The van der Waals surface area contributed by atoms with Gasteiger partial charge in [-0.1, -0.05) is 194 Å². The Hall–Kier alpha value is -0.120. The van der Waals surface area contributed by atoms with Gasteiger partial charge < -0.3 is 15.2 Å². The molecule has 0 aliphatic heterocycles. The monoisotopic (exact) mass is 582 g/mol. The Balaban J connectivity index is 3.74. The highest BCUT2D eigenvalue weighted by atomic mass is 16.5. The van der Waals surface area contributed by atoms with Crippen LogP contribution in [0.1, 0.15) is 206 Å². The second kappa shape index (κ2) is 37.9. The van der Waals surface area contributed by atoms with Gasteiger partial charge in [0.05, 0.1) is 19.8 Å². The molecule has 0 spiro atoms. The van der Waals surface area contributed by atoms with E-state index in [1.165, 1.54) is 193 Å². The summed E-state index contributed by atoms with van der Waals surface area (Å²) in [6.45, 7) is 7.95. The van der Waals surface area contributed by atoms with Crippen molar-refractivity contribution in [2.45, 2.75) is 206 Å². The summed E-state index contributed by atoms with van der Waals surface area (Å²) in [4.78, 5) is 0. The van der Waals surface area contributed by atoms with Crippen molar-refractivity contribution in [3.63, 3.8) is 0 Å². The van der Waals surface area contributed by atoms with E-state index in [-0.39, 0.29) is 6.61 Å². The highest BCUT2D eigenvalue weighted by molar-refractivity contribution is 4.64. The molecule has 0 aromatic carbocycles. The Morgan fingerprint density at radius 3 is 1.07 bits per heavy atom. The van der Waals surface area contributed by atoms with Crippen LogP contribution in [-0.4, -0.2) is 38.0 Å². The van der Waals surface area contributed by atoms with E-state index in [9.17, 15) is 0 Å². The van der Waals surface area contributed by atoms with Gasteiger partial charge >= 0.3 is 0 Å². The molecule has 0 fully saturated rings. The predicted molar refractivity (Wildman–Crippen MR) is 184 cm³/mol. The molecule has 41 heavy (non-hydrogen) atoms. The first-order valence-electron chi connectivity index (χ1n) is 19.2. The number of aliphatic hydroxyl groups is 1. The number of nitrogens with one attached hydrogen (secondary N) is 1. The van der Waals surface area contributed by atoms with E-state index in [2.05, 4.69) is 19.2 Å². The van der Waals surface area contributed by atoms with Crippen molar-refractivity contribution in [3.05, 3.63) is 0 Å². The lowest BCUT2D eigenvalue weighted by Crippen LogP contribution is -2.27. The number of rotatable bonds is 37. The molecule has 0 heterocycles. The topological polar surface area (TPSA) is 41.5 Å². The summed E-state index contributed by atoms with van der Waals surface area (Å²) < 4.78 is 5.43. The molecule has 0 aromatic rings. The third-order valence-electron chi connectivity index (χ3n) is 9.02. The molecule has 0 rings (SSSR count). The highest BCUT2D eigenvalue weighted by Crippen LogP contribution is 2.20. The first-order chi connectivity index (χ1) is 20.3. The van der Waals surface area contributed by atoms with Gasteiger partial charge in [-0.3, -0.25) is 0 Å². The SMILES string of the molecule is CCCCCCCCCCCCCCCCC(CCCCCCCCCCCCCCCC)CNCCOCCO. The lowest BCUT2D eigenvalue weighted by Gasteiger charge is -2.18. The molecule has 3 nitrogen and oxygen atoms in total. The Kier molecular flexibility index (Phi) is 37.8. The summed E-state index contributed by atoms with van der Waals surface area (Å²) in [5.41, 5.74) is 0. The standard InChI is InChI=1S/C38H79NO2/c1-3-5-7-9-11-13-15-17-19-21-23-25-27-29-31-38(37-39-33-35-41-36-34-40)32-30-28-26-24-22-20-18-16-14-12-10-8-6-4-2/h38-40H,3-37H2,1-2H3. The van der Waals surface area contributed by atoms with Gasteiger partial charge in [0.15, 0.2) is 0 Å². The highest BCUT2D eigenvalue weighted by Gasteiger charge is 2.08. The summed E-state index contributed by atoms with van der Waals surface area (Å²) in [6, 6.07) is 0. The molecule has 2 N–H and O–H groups in total.